The van der Waals surface area contributed by atoms with Crippen LogP contribution in [-0.2, 0) is 11.3 Å². The molecule has 0 aliphatic heterocycles. The second kappa shape index (κ2) is 8.37. The summed E-state index contributed by atoms with van der Waals surface area (Å²) in [6, 6.07) is 13.5. The second-order valence-corrected chi connectivity index (χ2v) is 7.52. The number of nitrogens with two attached hydrogens (primary N) is 1. The highest BCUT2D eigenvalue weighted by atomic mass is 35.5. The zero-order valence-electron chi connectivity index (χ0n) is 16.3. The van der Waals surface area contributed by atoms with Gasteiger partial charge in [-0.25, -0.2) is 9.78 Å². The lowest BCUT2D eigenvalue weighted by Gasteiger charge is -2.15. The molecule has 0 unspecified atom stereocenters. The number of methoxy groups -OCH3 is 1. The van der Waals surface area contributed by atoms with Crippen molar-refractivity contribution < 1.29 is 9.53 Å². The van der Waals surface area contributed by atoms with E-state index in [1.165, 1.54) is 17.9 Å². The summed E-state index contributed by atoms with van der Waals surface area (Å²) in [7, 11) is 1.30. The first-order valence-electron chi connectivity index (χ1n) is 9.17. The van der Waals surface area contributed by atoms with E-state index in [0.29, 0.717) is 37.8 Å². The normalized spacial score (nSPS) is 10.9. The van der Waals surface area contributed by atoms with Crippen LogP contribution in [0.2, 0.25) is 10.0 Å². The number of hydrogen-bond donors (Lipinski definition) is 1. The number of esters is 1. The summed E-state index contributed by atoms with van der Waals surface area (Å²) < 4.78 is 6.29. The van der Waals surface area contributed by atoms with Crippen molar-refractivity contribution in [2.75, 3.05) is 12.8 Å². The van der Waals surface area contributed by atoms with Crippen molar-refractivity contribution in [2.45, 2.75) is 6.54 Å². The molecular formula is C22H16Cl2N4O3. The van der Waals surface area contributed by atoms with Gasteiger partial charge in [-0.15, -0.1) is 0 Å². The van der Waals surface area contributed by atoms with Crippen LogP contribution in [0.1, 0.15) is 15.9 Å². The van der Waals surface area contributed by atoms with Gasteiger partial charge in [0, 0.05) is 17.1 Å². The highest BCUT2D eigenvalue weighted by Gasteiger charge is 2.19. The number of ether oxygens (including phenoxy) is 1. The molecule has 7 nitrogen and oxygen atoms in total. The van der Waals surface area contributed by atoms with Crippen LogP contribution in [0.5, 0.6) is 0 Å². The molecule has 2 heterocycles. The van der Waals surface area contributed by atoms with Crippen molar-refractivity contribution in [3.8, 4) is 11.1 Å². The lowest BCUT2D eigenvalue weighted by molar-refractivity contribution is 0.0599. The molecule has 0 fully saturated rings. The molecule has 31 heavy (non-hydrogen) atoms. The number of carbonyl (C=O) groups is 1. The fourth-order valence-corrected chi connectivity index (χ4v) is 3.99. The number of fused-ring (bicyclic) bond motifs is 1. The number of anilines is 1. The third kappa shape index (κ3) is 3.85. The van der Waals surface area contributed by atoms with E-state index in [4.69, 9.17) is 33.7 Å². The lowest BCUT2D eigenvalue weighted by Crippen LogP contribution is -2.25. The van der Waals surface area contributed by atoms with Crippen LogP contribution in [-0.4, -0.2) is 27.6 Å². The van der Waals surface area contributed by atoms with Gasteiger partial charge in [0.15, 0.2) is 0 Å². The SMILES string of the molecule is COC(=O)c1ccccc1Cn1c(=O)c(-c2c(Cl)cccc2Cl)cc2cnc(N)nc21. The van der Waals surface area contributed by atoms with Gasteiger partial charge in [-0.2, -0.15) is 4.98 Å². The Bertz CT molecular complexity index is 1370. The number of pyridine rings is 1. The molecule has 0 saturated carbocycles. The van der Waals surface area contributed by atoms with E-state index in [-0.39, 0.29) is 23.6 Å². The van der Waals surface area contributed by atoms with Gasteiger partial charge in [0.25, 0.3) is 5.56 Å². The summed E-state index contributed by atoms with van der Waals surface area (Å²) >= 11 is 12.7. The number of carbonyl (C=O) groups excluding carboxylic acids is 1. The summed E-state index contributed by atoms with van der Waals surface area (Å²) in [5.74, 6) is -0.488. The molecule has 0 atom stereocenters. The zero-order chi connectivity index (χ0) is 22.1. The minimum atomic E-state index is -0.507. The maximum Gasteiger partial charge on any atom is 0.338 e. The molecule has 4 aromatic rings. The van der Waals surface area contributed by atoms with E-state index < -0.39 is 5.97 Å². The Labute approximate surface area is 187 Å². The highest BCUT2D eigenvalue weighted by Crippen LogP contribution is 2.34. The van der Waals surface area contributed by atoms with Crippen LogP contribution in [0.3, 0.4) is 0 Å². The van der Waals surface area contributed by atoms with Crippen LogP contribution in [0, 0.1) is 0 Å². The molecule has 2 N–H and O–H groups in total. The van der Waals surface area contributed by atoms with Crippen LogP contribution in [0.15, 0.2) is 59.5 Å². The Morgan fingerprint density at radius 1 is 1.13 bits per heavy atom. The minimum Gasteiger partial charge on any atom is -0.465 e. The Balaban J connectivity index is 2.01. The molecule has 0 aliphatic carbocycles. The first kappa shape index (κ1) is 20.8. The summed E-state index contributed by atoms with van der Waals surface area (Å²) in [5.41, 5.74) is 7.33. The van der Waals surface area contributed by atoms with Gasteiger partial charge in [-0.1, -0.05) is 47.5 Å². The molecule has 0 bridgehead atoms. The molecule has 0 aliphatic rings. The van der Waals surface area contributed by atoms with Crippen LogP contribution < -0.4 is 11.3 Å². The quantitative estimate of drug-likeness (QED) is 0.464. The van der Waals surface area contributed by atoms with Crippen LogP contribution >= 0.6 is 23.2 Å². The molecule has 9 heteroatoms. The van der Waals surface area contributed by atoms with Gasteiger partial charge in [0.05, 0.1) is 34.8 Å². The molecule has 0 saturated heterocycles. The summed E-state index contributed by atoms with van der Waals surface area (Å²) in [5, 5.41) is 1.24. The van der Waals surface area contributed by atoms with E-state index in [1.807, 2.05) is 0 Å². The van der Waals surface area contributed by atoms with Gasteiger partial charge in [0.2, 0.25) is 5.95 Å². The maximum atomic E-state index is 13.6. The fourth-order valence-electron chi connectivity index (χ4n) is 3.39. The number of benzene rings is 2. The van der Waals surface area contributed by atoms with E-state index in [2.05, 4.69) is 9.97 Å². The van der Waals surface area contributed by atoms with Gasteiger partial charge in [-0.05, 0) is 29.8 Å². The van der Waals surface area contributed by atoms with Crippen LogP contribution in [0.25, 0.3) is 22.2 Å². The number of aromatic nitrogens is 3. The minimum absolute atomic E-state index is 0.0189. The Hall–Kier alpha value is -3.42. The van der Waals surface area contributed by atoms with Gasteiger partial charge < -0.3 is 10.5 Å². The average Bonchev–Trinajstić information content (AvgIpc) is 2.76. The molecule has 2 aromatic heterocycles. The number of rotatable bonds is 4. The smallest absolute Gasteiger partial charge is 0.338 e. The van der Waals surface area contributed by atoms with E-state index in [9.17, 15) is 9.59 Å². The number of nitrogen functional groups attached to an aromatic ring is 1. The van der Waals surface area contributed by atoms with Crippen molar-refractivity contribution >= 4 is 46.2 Å². The number of hydrogen-bond acceptors (Lipinski definition) is 6. The Morgan fingerprint density at radius 3 is 2.55 bits per heavy atom. The summed E-state index contributed by atoms with van der Waals surface area (Å²) in [4.78, 5) is 34.1. The van der Waals surface area contributed by atoms with Gasteiger partial charge >= 0.3 is 5.97 Å². The second-order valence-electron chi connectivity index (χ2n) is 6.70. The Morgan fingerprint density at radius 2 is 1.84 bits per heavy atom. The molecule has 156 valence electrons. The van der Waals surface area contributed by atoms with Crippen molar-refractivity contribution in [2.24, 2.45) is 0 Å². The molecule has 0 spiro atoms. The third-order valence-electron chi connectivity index (χ3n) is 4.83. The van der Waals surface area contributed by atoms with Gasteiger partial charge in [0.1, 0.15) is 5.65 Å². The maximum absolute atomic E-state index is 13.6. The zero-order valence-corrected chi connectivity index (χ0v) is 17.8. The molecule has 0 amide bonds. The average molecular weight is 455 g/mol. The number of nitrogens with zero attached hydrogens (tertiary/aromatic N) is 3. The monoisotopic (exact) mass is 454 g/mol. The molecule has 2 aromatic carbocycles. The van der Waals surface area contributed by atoms with Crippen molar-refractivity contribution in [1.29, 1.82) is 0 Å². The van der Waals surface area contributed by atoms with Gasteiger partial charge in [-0.3, -0.25) is 9.36 Å². The summed E-state index contributed by atoms with van der Waals surface area (Å²) in [6.45, 7) is 0.0486. The topological polar surface area (TPSA) is 100 Å². The first-order valence-corrected chi connectivity index (χ1v) is 9.93. The van der Waals surface area contributed by atoms with E-state index in [1.54, 1.807) is 48.5 Å². The van der Waals surface area contributed by atoms with Crippen molar-refractivity contribution in [3.05, 3.63) is 86.3 Å². The van der Waals surface area contributed by atoms with Crippen molar-refractivity contribution in [3.63, 3.8) is 0 Å². The van der Waals surface area contributed by atoms with E-state index >= 15 is 0 Å². The third-order valence-corrected chi connectivity index (χ3v) is 5.46. The number of halogens is 2. The largest absolute Gasteiger partial charge is 0.465 e. The van der Waals surface area contributed by atoms with E-state index in [0.717, 1.165) is 0 Å². The van der Waals surface area contributed by atoms with Crippen molar-refractivity contribution in [1.82, 2.24) is 14.5 Å². The predicted molar refractivity (Wildman–Crippen MR) is 121 cm³/mol. The Kier molecular flexibility index (Phi) is 5.63. The first-order chi connectivity index (χ1) is 14.9. The molecule has 4 rings (SSSR count). The lowest BCUT2D eigenvalue weighted by atomic mass is 10.0. The molecular weight excluding hydrogens is 439 g/mol. The predicted octanol–water partition coefficient (Wildman–Crippen LogP) is 4.18. The highest BCUT2D eigenvalue weighted by molar-refractivity contribution is 6.39. The standard InChI is InChI=1S/C22H16Cl2N4O3/c1-31-21(30)14-6-3-2-5-12(14)11-28-19-13(10-26-22(25)27-19)9-15(20(28)29)18-16(23)7-4-8-17(18)24/h2-10H,11H2,1H3,(H2,25,26,27). The van der Waals surface area contributed by atoms with Crippen LogP contribution in [0.4, 0.5) is 5.95 Å². The summed E-state index contributed by atoms with van der Waals surface area (Å²) in [6.07, 6.45) is 1.52. The molecule has 0 radical (unpaired) electrons. The fraction of sp³-hybridized carbons (Fsp3) is 0.0909.